The zero-order valence-corrected chi connectivity index (χ0v) is 13.7. The molecule has 0 fully saturated rings. The van der Waals surface area contributed by atoms with Gasteiger partial charge in [0.15, 0.2) is 5.78 Å². The fourth-order valence-corrected chi connectivity index (χ4v) is 3.79. The van der Waals surface area contributed by atoms with Gasteiger partial charge in [0.05, 0.1) is 5.25 Å². The molecule has 0 aliphatic heterocycles. The van der Waals surface area contributed by atoms with E-state index in [0.717, 1.165) is 34.2 Å². The van der Waals surface area contributed by atoms with Crippen LogP contribution in [-0.2, 0) is 10.5 Å². The Kier molecular flexibility index (Phi) is 5.81. The molecule has 0 radical (unpaired) electrons. The maximum absolute atomic E-state index is 11.8. The first-order chi connectivity index (χ1) is 9.29. The lowest BCUT2D eigenvalue weighted by Gasteiger charge is -2.17. The van der Waals surface area contributed by atoms with Crippen LogP contribution in [0.4, 0.5) is 0 Å². The molecule has 1 atom stereocenters. The van der Waals surface area contributed by atoms with Crippen molar-refractivity contribution in [2.75, 3.05) is 0 Å². The minimum absolute atomic E-state index is 0.0909. The van der Waals surface area contributed by atoms with Crippen LogP contribution in [0.2, 0.25) is 0 Å². The molecule has 20 heavy (non-hydrogen) atoms. The molecule has 0 bridgehead atoms. The third-order valence-electron chi connectivity index (χ3n) is 3.60. The smallest absolute Gasteiger partial charge is 0.230 e. The minimum Gasteiger partial charge on any atom is -0.369 e. The number of rotatable bonds is 6. The highest BCUT2D eigenvalue weighted by atomic mass is 32.2. The van der Waals surface area contributed by atoms with Crippen LogP contribution < -0.4 is 5.73 Å². The zero-order chi connectivity index (χ0) is 15.4. The van der Waals surface area contributed by atoms with Crippen LogP contribution in [0.5, 0.6) is 0 Å². The maximum Gasteiger partial charge on any atom is 0.230 e. The summed E-state index contributed by atoms with van der Waals surface area (Å²) in [6.07, 6.45) is 0.726. The lowest BCUT2D eigenvalue weighted by Crippen LogP contribution is -2.25. The van der Waals surface area contributed by atoms with Gasteiger partial charge in [0.2, 0.25) is 5.91 Å². The Bertz CT molecular complexity index is 538. The fourth-order valence-electron chi connectivity index (χ4n) is 2.58. The number of primary amides is 1. The Morgan fingerprint density at radius 1 is 1.25 bits per heavy atom. The van der Waals surface area contributed by atoms with Crippen LogP contribution in [0.3, 0.4) is 0 Å². The van der Waals surface area contributed by atoms with E-state index >= 15 is 0 Å². The Hall–Kier alpha value is -1.29. The SMILES string of the molecule is CCC(SCc1c(C)cc(C)c(C(C)=O)c1C)C(N)=O. The van der Waals surface area contributed by atoms with Gasteiger partial charge in [-0.1, -0.05) is 13.0 Å². The van der Waals surface area contributed by atoms with Gasteiger partial charge in [0, 0.05) is 11.3 Å². The summed E-state index contributed by atoms with van der Waals surface area (Å²) >= 11 is 1.55. The first-order valence-corrected chi connectivity index (χ1v) is 7.85. The number of carbonyl (C=O) groups excluding carboxylic acids is 2. The maximum atomic E-state index is 11.8. The number of thioether (sulfide) groups is 1. The van der Waals surface area contributed by atoms with E-state index in [4.69, 9.17) is 5.73 Å². The van der Waals surface area contributed by atoms with Gasteiger partial charge in [-0.05, 0) is 56.4 Å². The number of benzene rings is 1. The molecule has 0 saturated carbocycles. The number of ketones is 1. The van der Waals surface area contributed by atoms with Crippen LogP contribution in [0.25, 0.3) is 0 Å². The highest BCUT2D eigenvalue weighted by Crippen LogP contribution is 2.28. The molecule has 0 aromatic heterocycles. The number of Topliss-reactive ketones (excluding diaryl/α,β-unsaturated/α-hetero) is 1. The third-order valence-corrected chi connectivity index (χ3v) is 5.02. The van der Waals surface area contributed by atoms with Crippen LogP contribution >= 0.6 is 11.8 Å². The molecule has 1 aromatic rings. The van der Waals surface area contributed by atoms with E-state index in [9.17, 15) is 9.59 Å². The number of amides is 1. The van der Waals surface area contributed by atoms with Crippen LogP contribution in [-0.4, -0.2) is 16.9 Å². The lowest BCUT2D eigenvalue weighted by molar-refractivity contribution is -0.117. The van der Waals surface area contributed by atoms with Gasteiger partial charge in [0.25, 0.3) is 0 Å². The van der Waals surface area contributed by atoms with E-state index in [1.807, 2.05) is 33.8 Å². The van der Waals surface area contributed by atoms with Crippen LogP contribution in [0.15, 0.2) is 6.07 Å². The van der Waals surface area contributed by atoms with Gasteiger partial charge in [-0.15, -0.1) is 11.8 Å². The van der Waals surface area contributed by atoms with Crippen molar-refractivity contribution in [3.63, 3.8) is 0 Å². The average Bonchev–Trinajstić information content (AvgIpc) is 2.31. The molecule has 1 aromatic carbocycles. The molecule has 0 saturated heterocycles. The summed E-state index contributed by atoms with van der Waals surface area (Å²) in [5.74, 6) is 0.527. The molecular formula is C16H23NO2S. The molecule has 1 unspecified atom stereocenters. The summed E-state index contributed by atoms with van der Waals surface area (Å²) < 4.78 is 0. The summed E-state index contributed by atoms with van der Waals surface area (Å²) in [7, 11) is 0. The van der Waals surface area contributed by atoms with Gasteiger partial charge in [-0.25, -0.2) is 0 Å². The van der Waals surface area contributed by atoms with Crippen molar-refractivity contribution in [2.24, 2.45) is 5.73 Å². The third kappa shape index (κ3) is 3.63. The van der Waals surface area contributed by atoms with Gasteiger partial charge in [-0.2, -0.15) is 0 Å². The van der Waals surface area contributed by atoms with E-state index < -0.39 is 0 Å². The summed E-state index contributed by atoms with van der Waals surface area (Å²) in [5, 5.41) is -0.170. The van der Waals surface area contributed by atoms with Crippen molar-refractivity contribution in [2.45, 2.75) is 52.0 Å². The van der Waals surface area contributed by atoms with Crippen molar-refractivity contribution < 1.29 is 9.59 Å². The Balaban J connectivity index is 3.10. The summed E-state index contributed by atoms with van der Waals surface area (Å²) in [6, 6.07) is 2.05. The van der Waals surface area contributed by atoms with E-state index in [1.165, 1.54) is 0 Å². The zero-order valence-electron chi connectivity index (χ0n) is 12.9. The van der Waals surface area contributed by atoms with Gasteiger partial charge in [0.1, 0.15) is 0 Å². The lowest BCUT2D eigenvalue weighted by atomic mass is 9.92. The molecule has 110 valence electrons. The first-order valence-electron chi connectivity index (χ1n) is 6.81. The molecule has 0 heterocycles. The topological polar surface area (TPSA) is 60.2 Å². The number of hydrogen-bond acceptors (Lipinski definition) is 3. The molecule has 0 spiro atoms. The molecule has 0 aliphatic rings. The van der Waals surface area contributed by atoms with Crippen LogP contribution in [0, 0.1) is 20.8 Å². The summed E-state index contributed by atoms with van der Waals surface area (Å²) in [5.41, 5.74) is 10.5. The van der Waals surface area contributed by atoms with Crippen LogP contribution in [0.1, 0.15) is 52.9 Å². The van der Waals surface area contributed by atoms with E-state index in [-0.39, 0.29) is 16.9 Å². The molecule has 3 nitrogen and oxygen atoms in total. The van der Waals surface area contributed by atoms with Crippen molar-refractivity contribution in [1.82, 2.24) is 0 Å². The van der Waals surface area contributed by atoms with Crippen molar-refractivity contribution in [1.29, 1.82) is 0 Å². The summed E-state index contributed by atoms with van der Waals surface area (Å²) in [6.45, 7) is 9.55. The molecule has 0 aliphatic carbocycles. The number of nitrogens with two attached hydrogens (primary N) is 1. The van der Waals surface area contributed by atoms with E-state index in [1.54, 1.807) is 18.7 Å². The predicted octanol–water partition coefficient (Wildman–Crippen LogP) is 3.31. The Labute approximate surface area is 125 Å². The largest absolute Gasteiger partial charge is 0.369 e. The van der Waals surface area contributed by atoms with Crippen molar-refractivity contribution in [3.8, 4) is 0 Å². The van der Waals surface area contributed by atoms with Gasteiger partial charge in [-0.3, -0.25) is 9.59 Å². The fraction of sp³-hybridized carbons (Fsp3) is 0.500. The number of aryl methyl sites for hydroxylation is 2. The van der Waals surface area contributed by atoms with Gasteiger partial charge < -0.3 is 5.73 Å². The van der Waals surface area contributed by atoms with E-state index in [2.05, 4.69) is 0 Å². The number of carbonyl (C=O) groups is 2. The van der Waals surface area contributed by atoms with Crippen molar-refractivity contribution in [3.05, 3.63) is 33.9 Å². The average molecular weight is 293 g/mol. The Morgan fingerprint density at radius 3 is 2.30 bits per heavy atom. The summed E-state index contributed by atoms with van der Waals surface area (Å²) in [4.78, 5) is 23.1. The second kappa shape index (κ2) is 6.93. The highest BCUT2D eigenvalue weighted by molar-refractivity contribution is 7.99. The normalized spacial score (nSPS) is 12.2. The quantitative estimate of drug-likeness (QED) is 0.819. The minimum atomic E-state index is -0.272. The highest BCUT2D eigenvalue weighted by Gasteiger charge is 2.17. The second-order valence-electron chi connectivity index (χ2n) is 5.16. The predicted molar refractivity (Wildman–Crippen MR) is 85.2 cm³/mol. The molecule has 1 amide bonds. The first kappa shape index (κ1) is 16.8. The molecule has 2 N–H and O–H groups in total. The number of hydrogen-bond donors (Lipinski definition) is 1. The monoisotopic (exact) mass is 293 g/mol. The van der Waals surface area contributed by atoms with Gasteiger partial charge >= 0.3 is 0 Å². The standard InChI is InChI=1S/C16H23NO2S/c1-6-14(16(17)19)20-8-13-9(2)7-10(3)15(11(13)4)12(5)18/h7,14H,6,8H2,1-5H3,(H2,17,19). The van der Waals surface area contributed by atoms with E-state index in [0.29, 0.717) is 5.75 Å². The van der Waals surface area contributed by atoms with Crippen molar-refractivity contribution >= 4 is 23.5 Å². The molecule has 4 heteroatoms. The Morgan fingerprint density at radius 2 is 1.85 bits per heavy atom. The second-order valence-corrected chi connectivity index (χ2v) is 6.35. The molecular weight excluding hydrogens is 270 g/mol. The molecule has 1 rings (SSSR count).